The highest BCUT2D eigenvalue weighted by Crippen LogP contribution is 2.33. The second-order valence-electron chi connectivity index (χ2n) is 8.64. The minimum absolute atomic E-state index is 0.0855. The van der Waals surface area contributed by atoms with Crippen molar-refractivity contribution in [2.24, 2.45) is 0 Å². The number of hydrogen-bond donors (Lipinski definition) is 0. The van der Waals surface area contributed by atoms with E-state index in [2.05, 4.69) is 11.0 Å². The van der Waals surface area contributed by atoms with Crippen molar-refractivity contribution >= 4 is 28.1 Å². The lowest BCUT2D eigenvalue weighted by Crippen LogP contribution is -2.49. The summed E-state index contributed by atoms with van der Waals surface area (Å²) in [7, 11) is 0. The number of rotatable bonds is 5. The van der Waals surface area contributed by atoms with E-state index in [0.29, 0.717) is 13.1 Å². The van der Waals surface area contributed by atoms with Gasteiger partial charge in [0.2, 0.25) is 12.7 Å². The zero-order valence-corrected chi connectivity index (χ0v) is 19.4. The molecule has 2 aliphatic heterocycles. The van der Waals surface area contributed by atoms with E-state index in [0.717, 1.165) is 52.6 Å². The molecule has 6 rings (SSSR count). The molecule has 2 aromatic heterocycles. The van der Waals surface area contributed by atoms with Crippen LogP contribution in [0.4, 0.5) is 4.39 Å². The maximum Gasteiger partial charge on any atom is 0.242 e. The van der Waals surface area contributed by atoms with Gasteiger partial charge in [-0.15, -0.1) is 11.3 Å². The summed E-state index contributed by atoms with van der Waals surface area (Å²) in [6.45, 7) is 4.33. The number of halogens is 1. The van der Waals surface area contributed by atoms with E-state index in [4.69, 9.17) is 9.47 Å². The van der Waals surface area contributed by atoms with Crippen molar-refractivity contribution in [3.05, 3.63) is 71.4 Å². The summed E-state index contributed by atoms with van der Waals surface area (Å²) in [4.78, 5) is 18.6. The number of fused-ring (bicyclic) bond motifs is 2. The number of carbonyl (C=O) groups excluding carboxylic acids is 1. The van der Waals surface area contributed by atoms with E-state index in [-0.39, 0.29) is 25.1 Å². The largest absolute Gasteiger partial charge is 0.454 e. The number of nitrogens with zero attached hydrogens (tertiary/aromatic N) is 3. The van der Waals surface area contributed by atoms with Crippen molar-refractivity contribution in [1.82, 2.24) is 14.4 Å². The molecule has 0 atom stereocenters. The monoisotopic (exact) mass is 477 g/mol. The number of carbonyl (C=O) groups is 1. The Balaban J connectivity index is 1.14. The Kier molecular flexibility index (Phi) is 5.47. The third kappa shape index (κ3) is 4.03. The standard InChI is InChI=1S/C26H24FN3O3S/c27-20-4-5-21-19(13-20)14-22(25-2-1-11-34-25)30(21)16-26(31)29-9-7-28(8-10-29)15-18-3-6-23-24(12-18)33-17-32-23/h1-6,11-14H,7-10,15-17H2. The van der Waals surface area contributed by atoms with Crippen molar-refractivity contribution in [3.8, 4) is 22.1 Å². The smallest absolute Gasteiger partial charge is 0.242 e. The molecule has 0 radical (unpaired) electrons. The van der Waals surface area contributed by atoms with Gasteiger partial charge in [0.25, 0.3) is 0 Å². The van der Waals surface area contributed by atoms with Gasteiger partial charge in [-0.2, -0.15) is 0 Å². The first-order chi connectivity index (χ1) is 16.6. The predicted octanol–water partition coefficient (Wildman–Crippen LogP) is 4.58. The minimum atomic E-state index is -0.271. The zero-order chi connectivity index (χ0) is 23.1. The molecule has 4 heterocycles. The van der Waals surface area contributed by atoms with Gasteiger partial charge in [0, 0.05) is 43.6 Å². The average Bonchev–Trinajstić information content (AvgIpc) is 3.59. The van der Waals surface area contributed by atoms with Crippen molar-refractivity contribution in [2.75, 3.05) is 33.0 Å². The van der Waals surface area contributed by atoms with Crippen LogP contribution in [0.3, 0.4) is 0 Å². The number of hydrogen-bond acceptors (Lipinski definition) is 5. The summed E-state index contributed by atoms with van der Waals surface area (Å²) in [5.41, 5.74) is 3.00. The molecule has 0 saturated carbocycles. The van der Waals surface area contributed by atoms with Crippen LogP contribution in [0.5, 0.6) is 11.5 Å². The van der Waals surface area contributed by atoms with Crippen LogP contribution in [0.15, 0.2) is 60.0 Å². The van der Waals surface area contributed by atoms with Crippen LogP contribution in [0.1, 0.15) is 5.56 Å². The molecule has 0 unspecified atom stereocenters. The summed E-state index contributed by atoms with van der Waals surface area (Å²) >= 11 is 1.62. The van der Waals surface area contributed by atoms with Gasteiger partial charge in [0.1, 0.15) is 12.4 Å². The molecule has 1 fully saturated rings. The first kappa shape index (κ1) is 21.2. The Morgan fingerprint density at radius 2 is 1.82 bits per heavy atom. The van der Waals surface area contributed by atoms with Gasteiger partial charge in [-0.05, 0) is 53.4 Å². The summed E-state index contributed by atoms with van der Waals surface area (Å²) in [6, 6.07) is 16.8. The highest BCUT2D eigenvalue weighted by molar-refractivity contribution is 7.13. The van der Waals surface area contributed by atoms with Crippen molar-refractivity contribution in [3.63, 3.8) is 0 Å². The second-order valence-corrected chi connectivity index (χ2v) is 9.59. The van der Waals surface area contributed by atoms with Crippen LogP contribution in [0.25, 0.3) is 21.5 Å². The molecule has 2 aliphatic rings. The molecule has 0 N–H and O–H groups in total. The Bertz CT molecular complexity index is 1340. The number of ether oxygens (including phenoxy) is 2. The number of amides is 1. The van der Waals surface area contributed by atoms with Gasteiger partial charge in [0.15, 0.2) is 11.5 Å². The number of benzene rings is 2. The fourth-order valence-electron chi connectivity index (χ4n) is 4.73. The van der Waals surface area contributed by atoms with Crippen LogP contribution in [0.2, 0.25) is 0 Å². The summed E-state index contributed by atoms with van der Waals surface area (Å²) < 4.78 is 26.7. The van der Waals surface area contributed by atoms with Crippen LogP contribution in [0, 0.1) is 5.82 Å². The number of piperazine rings is 1. The Morgan fingerprint density at radius 3 is 2.65 bits per heavy atom. The van der Waals surface area contributed by atoms with Crippen molar-refractivity contribution in [2.45, 2.75) is 13.1 Å². The Labute approximate surface area is 200 Å². The SMILES string of the molecule is O=C(Cn1c(-c2cccs2)cc2cc(F)ccc21)N1CCN(Cc2ccc3c(c2)OCO3)CC1. The summed E-state index contributed by atoms with van der Waals surface area (Å²) in [5.74, 6) is 1.41. The van der Waals surface area contributed by atoms with E-state index in [9.17, 15) is 9.18 Å². The first-order valence-electron chi connectivity index (χ1n) is 11.4. The maximum absolute atomic E-state index is 13.8. The molecular weight excluding hydrogens is 453 g/mol. The molecule has 2 aromatic carbocycles. The molecule has 0 aliphatic carbocycles. The molecule has 0 spiro atoms. The normalized spacial score (nSPS) is 15.9. The molecule has 4 aromatic rings. The molecular formula is C26H24FN3O3S. The highest BCUT2D eigenvalue weighted by atomic mass is 32.1. The van der Waals surface area contributed by atoms with E-state index < -0.39 is 0 Å². The van der Waals surface area contributed by atoms with Crippen LogP contribution in [-0.4, -0.2) is 53.2 Å². The molecule has 8 heteroatoms. The lowest BCUT2D eigenvalue weighted by atomic mass is 10.1. The van der Waals surface area contributed by atoms with Gasteiger partial charge in [-0.3, -0.25) is 9.69 Å². The van der Waals surface area contributed by atoms with Gasteiger partial charge in [0.05, 0.1) is 10.6 Å². The molecule has 34 heavy (non-hydrogen) atoms. The van der Waals surface area contributed by atoms with E-state index in [1.165, 1.54) is 17.7 Å². The molecule has 1 amide bonds. The molecule has 6 nitrogen and oxygen atoms in total. The van der Waals surface area contributed by atoms with E-state index in [1.807, 2.05) is 45.2 Å². The second kappa shape index (κ2) is 8.77. The van der Waals surface area contributed by atoms with Crippen molar-refractivity contribution in [1.29, 1.82) is 0 Å². The fraction of sp³-hybridized carbons (Fsp3) is 0.269. The molecule has 174 valence electrons. The maximum atomic E-state index is 13.8. The zero-order valence-electron chi connectivity index (χ0n) is 18.6. The van der Waals surface area contributed by atoms with E-state index >= 15 is 0 Å². The number of aromatic nitrogens is 1. The lowest BCUT2D eigenvalue weighted by molar-refractivity contribution is -0.133. The Hall–Kier alpha value is -3.36. The predicted molar refractivity (Wildman–Crippen MR) is 130 cm³/mol. The molecule has 1 saturated heterocycles. The van der Waals surface area contributed by atoms with Crippen LogP contribution < -0.4 is 9.47 Å². The van der Waals surface area contributed by atoms with E-state index in [1.54, 1.807) is 17.4 Å². The lowest BCUT2D eigenvalue weighted by Gasteiger charge is -2.35. The quantitative estimate of drug-likeness (QED) is 0.422. The summed E-state index contributed by atoms with van der Waals surface area (Å²) in [5, 5.41) is 2.82. The fourth-order valence-corrected chi connectivity index (χ4v) is 5.48. The van der Waals surface area contributed by atoms with Crippen LogP contribution in [-0.2, 0) is 17.9 Å². The van der Waals surface area contributed by atoms with Gasteiger partial charge in [-0.25, -0.2) is 4.39 Å². The van der Waals surface area contributed by atoms with Gasteiger partial charge < -0.3 is 18.9 Å². The van der Waals surface area contributed by atoms with Gasteiger partial charge >= 0.3 is 0 Å². The van der Waals surface area contributed by atoms with Crippen molar-refractivity contribution < 1.29 is 18.7 Å². The highest BCUT2D eigenvalue weighted by Gasteiger charge is 2.24. The number of thiophene rings is 1. The first-order valence-corrected chi connectivity index (χ1v) is 12.2. The Morgan fingerprint density at radius 1 is 0.971 bits per heavy atom. The minimum Gasteiger partial charge on any atom is -0.454 e. The average molecular weight is 478 g/mol. The third-order valence-electron chi connectivity index (χ3n) is 6.50. The summed E-state index contributed by atoms with van der Waals surface area (Å²) in [6.07, 6.45) is 0. The molecule has 0 bridgehead atoms. The van der Waals surface area contributed by atoms with Gasteiger partial charge in [-0.1, -0.05) is 12.1 Å². The van der Waals surface area contributed by atoms with Crippen LogP contribution >= 0.6 is 11.3 Å². The topological polar surface area (TPSA) is 46.9 Å². The third-order valence-corrected chi connectivity index (χ3v) is 7.39.